The molecule has 0 heterocycles. The van der Waals surface area contributed by atoms with Crippen molar-refractivity contribution in [1.82, 2.24) is 0 Å². The van der Waals surface area contributed by atoms with Crippen molar-refractivity contribution < 1.29 is 13.2 Å². The fourth-order valence-corrected chi connectivity index (χ4v) is 2.12. The number of carbonyl (C=O) groups is 1. The number of ketones is 1. The zero-order chi connectivity index (χ0) is 11.6. The van der Waals surface area contributed by atoms with E-state index in [1.165, 1.54) is 12.1 Å². The number of rotatable bonds is 3. The molecule has 0 spiro atoms. The van der Waals surface area contributed by atoms with Crippen LogP contribution in [-0.2, 0) is 10.0 Å². The lowest BCUT2D eigenvalue weighted by atomic mass is 10.1. The number of hydrogen-bond acceptors (Lipinski definition) is 3. The highest BCUT2D eigenvalue weighted by atomic mass is 79.9. The summed E-state index contributed by atoms with van der Waals surface area (Å²) in [4.78, 5) is 11.3. The van der Waals surface area contributed by atoms with Crippen LogP contribution < -0.4 is 5.14 Å². The third-order valence-electron chi connectivity index (χ3n) is 1.82. The maximum absolute atomic E-state index is 11.4. The molecule has 15 heavy (non-hydrogen) atoms. The SMILES string of the molecule is Cc1cc(C(=O)CBr)cc(S(N)(=O)=O)c1. The number of primary sulfonamides is 1. The Kier molecular flexibility index (Phi) is 3.64. The van der Waals surface area contributed by atoms with Crippen LogP contribution in [0.3, 0.4) is 0 Å². The highest BCUT2D eigenvalue weighted by Gasteiger charge is 2.12. The molecule has 1 aromatic carbocycles. The minimum Gasteiger partial charge on any atom is -0.293 e. The number of Topliss-reactive ketones (excluding diaryl/α,β-unsaturated/α-hetero) is 1. The molecule has 0 aliphatic rings. The molecule has 0 aliphatic carbocycles. The number of alkyl halides is 1. The summed E-state index contributed by atoms with van der Waals surface area (Å²) < 4.78 is 22.2. The van der Waals surface area contributed by atoms with Gasteiger partial charge in [0.1, 0.15) is 0 Å². The van der Waals surface area contributed by atoms with Gasteiger partial charge in [-0.2, -0.15) is 0 Å². The van der Waals surface area contributed by atoms with Gasteiger partial charge in [0.15, 0.2) is 5.78 Å². The molecule has 1 rings (SSSR count). The van der Waals surface area contributed by atoms with E-state index in [0.717, 1.165) is 0 Å². The molecular formula is C9H10BrNO3S. The molecule has 0 amide bonds. The third kappa shape index (κ3) is 3.12. The molecule has 0 radical (unpaired) electrons. The Morgan fingerprint density at radius 3 is 2.47 bits per heavy atom. The van der Waals surface area contributed by atoms with E-state index in [1.54, 1.807) is 13.0 Å². The van der Waals surface area contributed by atoms with E-state index >= 15 is 0 Å². The first-order valence-corrected chi connectivity index (χ1v) is 6.75. The molecule has 0 saturated heterocycles. The Morgan fingerprint density at radius 2 is 2.00 bits per heavy atom. The summed E-state index contributed by atoms with van der Waals surface area (Å²) in [6.07, 6.45) is 0. The lowest BCUT2D eigenvalue weighted by Crippen LogP contribution is -2.13. The Morgan fingerprint density at radius 1 is 1.40 bits per heavy atom. The van der Waals surface area contributed by atoms with Crippen LogP contribution in [0.5, 0.6) is 0 Å². The molecule has 4 nitrogen and oxygen atoms in total. The van der Waals surface area contributed by atoms with Crippen LogP contribution in [0, 0.1) is 6.92 Å². The average Bonchev–Trinajstić information content (AvgIpc) is 2.14. The van der Waals surface area contributed by atoms with Gasteiger partial charge in [0.2, 0.25) is 10.0 Å². The smallest absolute Gasteiger partial charge is 0.238 e. The van der Waals surface area contributed by atoms with Gasteiger partial charge in [-0.15, -0.1) is 0 Å². The standard InChI is InChI=1S/C9H10BrNO3S/c1-6-2-7(9(12)5-10)4-8(3-6)15(11,13)14/h2-4H,5H2,1H3,(H2,11,13,14). The Balaban J connectivity index is 3.35. The molecule has 0 aliphatic heterocycles. The summed E-state index contributed by atoms with van der Waals surface area (Å²) in [6, 6.07) is 4.34. The highest BCUT2D eigenvalue weighted by molar-refractivity contribution is 9.09. The van der Waals surface area contributed by atoms with Crippen molar-refractivity contribution in [3.8, 4) is 0 Å². The molecule has 0 fully saturated rings. The number of benzene rings is 1. The van der Waals surface area contributed by atoms with Crippen LogP contribution in [0.15, 0.2) is 23.1 Å². The van der Waals surface area contributed by atoms with E-state index in [4.69, 9.17) is 5.14 Å². The first kappa shape index (κ1) is 12.4. The molecule has 0 aromatic heterocycles. The van der Waals surface area contributed by atoms with E-state index in [2.05, 4.69) is 15.9 Å². The van der Waals surface area contributed by atoms with Gasteiger partial charge in [-0.1, -0.05) is 15.9 Å². The van der Waals surface area contributed by atoms with Crippen molar-refractivity contribution in [3.63, 3.8) is 0 Å². The van der Waals surface area contributed by atoms with E-state index in [0.29, 0.717) is 11.1 Å². The lowest BCUT2D eigenvalue weighted by molar-refractivity contribution is 0.102. The zero-order valence-corrected chi connectivity index (χ0v) is 10.4. The van der Waals surface area contributed by atoms with E-state index in [9.17, 15) is 13.2 Å². The molecule has 0 unspecified atom stereocenters. The number of aryl methyl sites for hydroxylation is 1. The minimum atomic E-state index is -3.76. The molecule has 6 heteroatoms. The summed E-state index contributed by atoms with van der Waals surface area (Å²) in [5, 5.41) is 5.14. The van der Waals surface area contributed by atoms with Crippen molar-refractivity contribution in [2.75, 3.05) is 5.33 Å². The van der Waals surface area contributed by atoms with Crippen LogP contribution in [0.25, 0.3) is 0 Å². The number of sulfonamides is 1. The fraction of sp³-hybridized carbons (Fsp3) is 0.222. The lowest BCUT2D eigenvalue weighted by Gasteiger charge is -2.03. The topological polar surface area (TPSA) is 77.2 Å². The second-order valence-corrected chi connectivity index (χ2v) is 5.26. The minimum absolute atomic E-state index is 0.0354. The summed E-state index contributed by atoms with van der Waals surface area (Å²) in [5.74, 6) is -0.177. The van der Waals surface area contributed by atoms with Crippen LogP contribution >= 0.6 is 15.9 Å². The van der Waals surface area contributed by atoms with Crippen LogP contribution in [0.1, 0.15) is 15.9 Å². The van der Waals surface area contributed by atoms with Gasteiger partial charge >= 0.3 is 0 Å². The van der Waals surface area contributed by atoms with Crippen molar-refractivity contribution in [3.05, 3.63) is 29.3 Å². The van der Waals surface area contributed by atoms with Gasteiger partial charge in [0.05, 0.1) is 10.2 Å². The maximum Gasteiger partial charge on any atom is 0.238 e. The summed E-state index contributed by atoms with van der Waals surface area (Å²) in [5.41, 5.74) is 1.03. The number of nitrogens with two attached hydrogens (primary N) is 1. The van der Waals surface area contributed by atoms with E-state index < -0.39 is 10.0 Å². The predicted molar refractivity (Wildman–Crippen MR) is 60.7 cm³/mol. The van der Waals surface area contributed by atoms with Gasteiger partial charge in [0, 0.05) is 5.56 Å². The second-order valence-electron chi connectivity index (χ2n) is 3.14. The van der Waals surface area contributed by atoms with Gasteiger partial charge in [-0.25, -0.2) is 13.6 Å². The quantitative estimate of drug-likeness (QED) is 0.672. The van der Waals surface area contributed by atoms with Gasteiger partial charge in [-0.3, -0.25) is 4.79 Å². The number of hydrogen-bond donors (Lipinski definition) is 1. The Bertz CT molecular complexity index is 496. The van der Waals surface area contributed by atoms with E-state index in [1.807, 2.05) is 0 Å². The van der Waals surface area contributed by atoms with Crippen LogP contribution in [0.4, 0.5) is 0 Å². The summed E-state index contributed by atoms with van der Waals surface area (Å²) >= 11 is 3.02. The average molecular weight is 292 g/mol. The van der Waals surface area contributed by atoms with E-state index in [-0.39, 0.29) is 16.0 Å². The monoisotopic (exact) mass is 291 g/mol. The number of halogens is 1. The normalized spacial score (nSPS) is 11.4. The molecule has 1 aromatic rings. The highest BCUT2D eigenvalue weighted by Crippen LogP contribution is 2.14. The maximum atomic E-state index is 11.4. The van der Waals surface area contributed by atoms with Crippen LogP contribution in [0.2, 0.25) is 0 Å². The van der Waals surface area contributed by atoms with Crippen molar-refractivity contribution in [2.24, 2.45) is 5.14 Å². The molecule has 82 valence electrons. The first-order chi connectivity index (χ1) is 6.84. The summed E-state index contributed by atoms with van der Waals surface area (Å²) in [7, 11) is -3.76. The molecule has 0 bridgehead atoms. The fourth-order valence-electron chi connectivity index (χ4n) is 1.15. The Labute approximate surface area is 96.7 Å². The molecule has 2 N–H and O–H groups in total. The molecule has 0 saturated carbocycles. The van der Waals surface area contributed by atoms with Gasteiger partial charge < -0.3 is 0 Å². The molecular weight excluding hydrogens is 282 g/mol. The number of carbonyl (C=O) groups excluding carboxylic acids is 1. The van der Waals surface area contributed by atoms with Crippen molar-refractivity contribution >= 4 is 31.7 Å². The Hall–Kier alpha value is -0.720. The van der Waals surface area contributed by atoms with Crippen molar-refractivity contribution in [2.45, 2.75) is 11.8 Å². The van der Waals surface area contributed by atoms with Gasteiger partial charge in [-0.05, 0) is 30.7 Å². The van der Waals surface area contributed by atoms with Gasteiger partial charge in [0.25, 0.3) is 0 Å². The molecule has 0 atom stereocenters. The predicted octanol–water partition coefficient (Wildman–Crippen LogP) is 1.22. The largest absolute Gasteiger partial charge is 0.293 e. The first-order valence-electron chi connectivity index (χ1n) is 4.08. The van der Waals surface area contributed by atoms with Crippen LogP contribution in [-0.4, -0.2) is 19.5 Å². The second kappa shape index (κ2) is 4.42. The summed E-state index contributed by atoms with van der Waals surface area (Å²) in [6.45, 7) is 1.71. The van der Waals surface area contributed by atoms with Crippen molar-refractivity contribution in [1.29, 1.82) is 0 Å². The zero-order valence-electron chi connectivity index (χ0n) is 8.03. The third-order valence-corrected chi connectivity index (χ3v) is 3.22.